The number of methoxy groups -OCH3 is 1. The SMILES string of the molecule is COCCOCCOC(=O)C(C)=C(C)C.[Ti]. The zero-order valence-electron chi connectivity index (χ0n) is 10.5. The summed E-state index contributed by atoms with van der Waals surface area (Å²) in [5.74, 6) is -0.273. The molecule has 0 aromatic heterocycles. The second kappa shape index (κ2) is 11.3. The fraction of sp³-hybridized carbons (Fsp3) is 0.727. The Morgan fingerprint density at radius 2 is 1.56 bits per heavy atom. The molecule has 0 bridgehead atoms. The molecule has 0 amide bonds. The molecule has 5 heteroatoms. The zero-order valence-corrected chi connectivity index (χ0v) is 12.0. The van der Waals surface area contributed by atoms with Gasteiger partial charge in [-0.25, -0.2) is 4.79 Å². The van der Waals surface area contributed by atoms with Crippen LogP contribution in [-0.2, 0) is 40.7 Å². The quantitative estimate of drug-likeness (QED) is 0.303. The number of hydrogen-bond acceptors (Lipinski definition) is 4. The van der Waals surface area contributed by atoms with E-state index in [-0.39, 0.29) is 34.3 Å². The van der Waals surface area contributed by atoms with E-state index in [1.54, 1.807) is 14.0 Å². The van der Waals surface area contributed by atoms with Gasteiger partial charge in [0.25, 0.3) is 0 Å². The maximum Gasteiger partial charge on any atom is 0.333 e. The fourth-order valence-electron chi connectivity index (χ4n) is 0.750. The second-order valence-corrected chi connectivity index (χ2v) is 3.37. The van der Waals surface area contributed by atoms with Crippen LogP contribution in [0.4, 0.5) is 0 Å². The predicted molar refractivity (Wildman–Crippen MR) is 57.7 cm³/mol. The first kappa shape index (κ1) is 18.2. The number of esters is 1. The van der Waals surface area contributed by atoms with E-state index in [1.807, 2.05) is 13.8 Å². The van der Waals surface area contributed by atoms with E-state index >= 15 is 0 Å². The molecule has 0 heterocycles. The summed E-state index contributed by atoms with van der Waals surface area (Å²) in [4.78, 5) is 11.3. The number of ether oxygens (including phenoxy) is 3. The van der Waals surface area contributed by atoms with Gasteiger partial charge in [-0.05, 0) is 20.8 Å². The molecule has 0 saturated carbocycles. The maximum atomic E-state index is 11.3. The smallest absolute Gasteiger partial charge is 0.333 e. The van der Waals surface area contributed by atoms with Crippen LogP contribution in [0.3, 0.4) is 0 Å². The molecule has 0 rings (SSSR count). The minimum atomic E-state index is -0.273. The van der Waals surface area contributed by atoms with Crippen LogP contribution in [0.2, 0.25) is 0 Å². The van der Waals surface area contributed by atoms with Gasteiger partial charge >= 0.3 is 5.97 Å². The third-order valence-electron chi connectivity index (χ3n) is 1.95. The Bertz CT molecular complexity index is 222. The molecule has 0 N–H and O–H groups in total. The molecule has 0 fully saturated rings. The van der Waals surface area contributed by atoms with Crippen molar-refractivity contribution in [2.45, 2.75) is 20.8 Å². The molecular formula is C11H20O4Ti. The van der Waals surface area contributed by atoms with Crippen LogP contribution in [0.5, 0.6) is 0 Å². The summed E-state index contributed by atoms with van der Waals surface area (Å²) >= 11 is 0. The molecule has 0 radical (unpaired) electrons. The summed E-state index contributed by atoms with van der Waals surface area (Å²) < 4.78 is 14.9. The van der Waals surface area contributed by atoms with Crippen LogP contribution < -0.4 is 0 Å². The molecule has 0 aliphatic carbocycles. The average molecular weight is 264 g/mol. The Labute approximate surface area is 112 Å². The number of allylic oxidation sites excluding steroid dienone is 1. The molecule has 0 saturated heterocycles. The van der Waals surface area contributed by atoms with Crippen LogP contribution in [-0.4, -0.2) is 39.5 Å². The average Bonchev–Trinajstić information content (AvgIpc) is 2.21. The second-order valence-electron chi connectivity index (χ2n) is 3.37. The molecule has 0 unspecified atom stereocenters. The van der Waals surface area contributed by atoms with Crippen LogP contribution in [0, 0.1) is 0 Å². The van der Waals surface area contributed by atoms with E-state index in [9.17, 15) is 4.79 Å². The first-order chi connectivity index (χ1) is 7.09. The van der Waals surface area contributed by atoms with E-state index in [1.165, 1.54) is 0 Å². The summed E-state index contributed by atoms with van der Waals surface area (Å²) in [5.41, 5.74) is 1.63. The molecule has 0 aliphatic rings. The predicted octanol–water partition coefficient (Wildman–Crippen LogP) is 1.55. The Morgan fingerprint density at radius 3 is 2.06 bits per heavy atom. The number of carbonyl (C=O) groups excluding carboxylic acids is 1. The number of carbonyl (C=O) groups is 1. The van der Waals surface area contributed by atoms with E-state index in [2.05, 4.69) is 0 Å². The van der Waals surface area contributed by atoms with Gasteiger partial charge in [0, 0.05) is 34.4 Å². The van der Waals surface area contributed by atoms with Crippen molar-refractivity contribution in [1.82, 2.24) is 0 Å². The van der Waals surface area contributed by atoms with Gasteiger partial charge in [0.1, 0.15) is 6.61 Å². The van der Waals surface area contributed by atoms with Crippen molar-refractivity contribution in [3.63, 3.8) is 0 Å². The van der Waals surface area contributed by atoms with Crippen LogP contribution >= 0.6 is 0 Å². The van der Waals surface area contributed by atoms with E-state index < -0.39 is 0 Å². The van der Waals surface area contributed by atoms with Crippen molar-refractivity contribution in [2.75, 3.05) is 33.5 Å². The van der Waals surface area contributed by atoms with Gasteiger partial charge in [-0.3, -0.25) is 0 Å². The molecule has 0 aromatic carbocycles. The number of hydrogen-bond donors (Lipinski definition) is 0. The molecule has 0 atom stereocenters. The van der Waals surface area contributed by atoms with Crippen molar-refractivity contribution >= 4 is 5.97 Å². The Morgan fingerprint density at radius 1 is 1.00 bits per heavy atom. The Kier molecular flexibility index (Phi) is 12.9. The standard InChI is InChI=1S/C11H20O4.Ti/c1-9(2)10(3)11(12)15-8-7-14-6-5-13-4;/h5-8H2,1-4H3;. The van der Waals surface area contributed by atoms with Gasteiger partial charge < -0.3 is 14.2 Å². The third kappa shape index (κ3) is 9.10. The number of rotatable bonds is 7. The van der Waals surface area contributed by atoms with E-state index in [0.717, 1.165) is 5.57 Å². The topological polar surface area (TPSA) is 44.8 Å². The van der Waals surface area contributed by atoms with Crippen LogP contribution in [0.15, 0.2) is 11.1 Å². The van der Waals surface area contributed by atoms with Crippen LogP contribution in [0.1, 0.15) is 20.8 Å². The first-order valence-electron chi connectivity index (χ1n) is 4.97. The van der Waals surface area contributed by atoms with E-state index in [4.69, 9.17) is 14.2 Å². The van der Waals surface area contributed by atoms with Gasteiger partial charge in [-0.1, -0.05) is 5.57 Å². The van der Waals surface area contributed by atoms with Gasteiger partial charge in [-0.2, -0.15) is 0 Å². The molecule has 92 valence electrons. The summed E-state index contributed by atoms with van der Waals surface area (Å²) in [6, 6.07) is 0. The molecule has 0 aromatic rings. The molecule has 16 heavy (non-hydrogen) atoms. The van der Waals surface area contributed by atoms with Crippen molar-refractivity contribution in [3.05, 3.63) is 11.1 Å². The first-order valence-corrected chi connectivity index (χ1v) is 4.97. The minimum absolute atomic E-state index is 0. The van der Waals surface area contributed by atoms with Gasteiger partial charge in [0.15, 0.2) is 0 Å². The summed E-state index contributed by atoms with van der Waals surface area (Å²) in [7, 11) is 1.61. The zero-order chi connectivity index (χ0) is 11.7. The van der Waals surface area contributed by atoms with Gasteiger partial charge in [-0.15, -0.1) is 0 Å². The van der Waals surface area contributed by atoms with Crippen molar-refractivity contribution < 1.29 is 40.7 Å². The molecule has 4 nitrogen and oxygen atoms in total. The van der Waals surface area contributed by atoms with Gasteiger partial charge in [0.2, 0.25) is 0 Å². The monoisotopic (exact) mass is 264 g/mol. The summed E-state index contributed by atoms with van der Waals surface area (Å²) in [6.45, 7) is 7.29. The Hall–Kier alpha value is -0.156. The van der Waals surface area contributed by atoms with Crippen LogP contribution in [0.25, 0.3) is 0 Å². The van der Waals surface area contributed by atoms with Crippen molar-refractivity contribution in [3.8, 4) is 0 Å². The fourth-order valence-corrected chi connectivity index (χ4v) is 0.750. The molecule has 0 spiro atoms. The summed E-state index contributed by atoms with van der Waals surface area (Å²) in [6.07, 6.45) is 0. The maximum absolute atomic E-state index is 11.3. The van der Waals surface area contributed by atoms with Gasteiger partial charge in [0.05, 0.1) is 19.8 Å². The molecule has 0 aliphatic heterocycles. The molecular weight excluding hydrogens is 244 g/mol. The Balaban J connectivity index is 0. The van der Waals surface area contributed by atoms with Crippen molar-refractivity contribution in [2.24, 2.45) is 0 Å². The summed E-state index contributed by atoms with van der Waals surface area (Å²) in [5, 5.41) is 0. The normalized spacial score (nSPS) is 9.25. The van der Waals surface area contributed by atoms with E-state index in [0.29, 0.717) is 25.4 Å². The van der Waals surface area contributed by atoms with Crippen molar-refractivity contribution in [1.29, 1.82) is 0 Å². The third-order valence-corrected chi connectivity index (χ3v) is 1.95. The minimum Gasteiger partial charge on any atom is -0.460 e. The largest absolute Gasteiger partial charge is 0.460 e.